The molecule has 2 aromatic rings. The monoisotopic (exact) mass is 215 g/mol. The minimum Gasteiger partial charge on any atom is -0.378 e. The number of aromatic nitrogens is 1. The summed E-state index contributed by atoms with van der Waals surface area (Å²) in [5.74, 6) is 0. The summed E-state index contributed by atoms with van der Waals surface area (Å²) in [5.41, 5.74) is 4.03. The van der Waals surface area contributed by atoms with Crippen molar-refractivity contribution in [3.63, 3.8) is 0 Å². The van der Waals surface area contributed by atoms with E-state index in [0.717, 1.165) is 19.6 Å². The Balaban J connectivity index is 2.19. The Kier molecular flexibility index (Phi) is 2.14. The largest absolute Gasteiger partial charge is 0.378 e. The van der Waals surface area contributed by atoms with Gasteiger partial charge in [-0.2, -0.15) is 0 Å². The molecule has 1 aliphatic rings. The molecule has 0 bridgehead atoms. The maximum Gasteiger partial charge on any atom is 0.0484 e. The summed E-state index contributed by atoms with van der Waals surface area (Å²) in [4.78, 5) is 2.15. The molecule has 1 aromatic heterocycles. The van der Waals surface area contributed by atoms with E-state index in [1.807, 2.05) is 0 Å². The van der Waals surface area contributed by atoms with Crippen LogP contribution in [-0.2, 0) is 13.1 Å². The van der Waals surface area contributed by atoms with Gasteiger partial charge in [0.25, 0.3) is 0 Å². The van der Waals surface area contributed by atoms with Crippen molar-refractivity contribution in [3.8, 4) is 0 Å². The summed E-state index contributed by atoms with van der Waals surface area (Å²) in [5, 5.41) is 4.76. The molecule has 1 aliphatic heterocycles. The Labute approximate surface area is 95.7 Å². The number of hydrogen-bond acceptors (Lipinski definition) is 2. The number of nitrogens with zero attached hydrogens (tertiary/aromatic N) is 2. The molecule has 0 amide bonds. The highest BCUT2D eigenvalue weighted by atomic mass is 15.1. The Morgan fingerprint density at radius 1 is 1.25 bits per heavy atom. The average Bonchev–Trinajstić information content (AvgIpc) is 2.66. The third-order valence-corrected chi connectivity index (χ3v) is 3.31. The van der Waals surface area contributed by atoms with Crippen LogP contribution in [0, 0.1) is 0 Å². The van der Waals surface area contributed by atoms with Gasteiger partial charge in [0.1, 0.15) is 0 Å². The van der Waals surface area contributed by atoms with Crippen molar-refractivity contribution in [2.45, 2.75) is 13.1 Å². The van der Waals surface area contributed by atoms with Gasteiger partial charge in [0.05, 0.1) is 0 Å². The first-order chi connectivity index (χ1) is 7.75. The molecule has 3 nitrogen and oxygen atoms in total. The van der Waals surface area contributed by atoms with Crippen molar-refractivity contribution < 1.29 is 0 Å². The van der Waals surface area contributed by atoms with E-state index >= 15 is 0 Å². The molecule has 84 valence electrons. The fourth-order valence-electron chi connectivity index (χ4n) is 2.41. The molecule has 1 N–H and O–H groups in total. The maximum atomic E-state index is 3.41. The highest BCUT2D eigenvalue weighted by Crippen LogP contribution is 2.25. The van der Waals surface area contributed by atoms with Crippen LogP contribution >= 0.6 is 0 Å². The van der Waals surface area contributed by atoms with Gasteiger partial charge in [-0.1, -0.05) is 0 Å². The van der Waals surface area contributed by atoms with Crippen LogP contribution in [0.25, 0.3) is 10.9 Å². The summed E-state index contributed by atoms with van der Waals surface area (Å²) < 4.78 is 2.42. The van der Waals surface area contributed by atoms with Crippen molar-refractivity contribution in [3.05, 3.63) is 30.0 Å². The van der Waals surface area contributed by atoms with Crippen LogP contribution in [0.3, 0.4) is 0 Å². The van der Waals surface area contributed by atoms with Crippen molar-refractivity contribution in [2.75, 3.05) is 25.5 Å². The second kappa shape index (κ2) is 3.52. The molecular formula is C13H17N3. The van der Waals surface area contributed by atoms with E-state index < -0.39 is 0 Å². The summed E-state index contributed by atoms with van der Waals surface area (Å²) in [6.07, 6.45) is 0. The minimum absolute atomic E-state index is 0.992. The molecule has 0 atom stereocenters. The Morgan fingerprint density at radius 2 is 2.12 bits per heavy atom. The van der Waals surface area contributed by atoms with Gasteiger partial charge in [-0.15, -0.1) is 0 Å². The first-order valence-electron chi connectivity index (χ1n) is 5.76. The second-order valence-corrected chi connectivity index (χ2v) is 4.60. The summed E-state index contributed by atoms with van der Waals surface area (Å²) in [6.45, 7) is 3.15. The average molecular weight is 215 g/mol. The van der Waals surface area contributed by atoms with Crippen LogP contribution in [-0.4, -0.2) is 25.2 Å². The molecular weight excluding hydrogens is 198 g/mol. The highest BCUT2D eigenvalue weighted by Gasteiger charge is 2.12. The van der Waals surface area contributed by atoms with E-state index in [1.165, 1.54) is 22.3 Å². The molecule has 3 rings (SSSR count). The quantitative estimate of drug-likeness (QED) is 0.783. The van der Waals surface area contributed by atoms with Gasteiger partial charge in [0.2, 0.25) is 0 Å². The number of rotatable bonds is 1. The van der Waals surface area contributed by atoms with Crippen molar-refractivity contribution in [1.29, 1.82) is 0 Å². The summed E-state index contributed by atoms with van der Waals surface area (Å²) in [7, 11) is 4.16. The predicted octanol–water partition coefficient (Wildman–Crippen LogP) is 1.81. The maximum absolute atomic E-state index is 3.41. The normalized spacial score (nSPS) is 15.1. The molecule has 0 aliphatic carbocycles. The molecule has 16 heavy (non-hydrogen) atoms. The van der Waals surface area contributed by atoms with E-state index in [-0.39, 0.29) is 0 Å². The number of anilines is 1. The lowest BCUT2D eigenvalue weighted by atomic mass is 10.2. The van der Waals surface area contributed by atoms with Crippen molar-refractivity contribution >= 4 is 16.6 Å². The Morgan fingerprint density at radius 3 is 2.94 bits per heavy atom. The zero-order chi connectivity index (χ0) is 11.1. The van der Waals surface area contributed by atoms with E-state index in [1.54, 1.807) is 0 Å². The van der Waals surface area contributed by atoms with E-state index in [9.17, 15) is 0 Å². The molecule has 2 heterocycles. The lowest BCUT2D eigenvalue weighted by Gasteiger charge is -2.17. The molecule has 0 saturated carbocycles. The topological polar surface area (TPSA) is 20.2 Å². The van der Waals surface area contributed by atoms with Crippen LogP contribution < -0.4 is 10.2 Å². The second-order valence-electron chi connectivity index (χ2n) is 4.60. The lowest BCUT2D eigenvalue weighted by molar-refractivity contribution is 0.527. The van der Waals surface area contributed by atoms with E-state index in [0.29, 0.717) is 0 Å². The van der Waals surface area contributed by atoms with Crippen molar-refractivity contribution in [2.24, 2.45) is 0 Å². The lowest BCUT2D eigenvalue weighted by Crippen LogP contribution is -2.27. The third-order valence-electron chi connectivity index (χ3n) is 3.31. The molecule has 0 spiro atoms. The first-order valence-corrected chi connectivity index (χ1v) is 5.76. The zero-order valence-corrected chi connectivity index (χ0v) is 9.83. The highest BCUT2D eigenvalue weighted by molar-refractivity contribution is 5.85. The SMILES string of the molecule is CN(C)c1ccc2c(c1)cc1n2CCNC1. The Bertz CT molecular complexity index is 525. The zero-order valence-electron chi connectivity index (χ0n) is 9.83. The van der Waals surface area contributed by atoms with Crippen molar-refractivity contribution in [1.82, 2.24) is 9.88 Å². The van der Waals surface area contributed by atoms with Crippen LogP contribution in [0.1, 0.15) is 5.69 Å². The van der Waals surface area contributed by atoms with Crippen LogP contribution in [0.5, 0.6) is 0 Å². The fourth-order valence-corrected chi connectivity index (χ4v) is 2.41. The van der Waals surface area contributed by atoms with Crippen LogP contribution in [0.15, 0.2) is 24.3 Å². The number of nitrogens with one attached hydrogen (secondary N) is 1. The smallest absolute Gasteiger partial charge is 0.0484 e. The molecule has 1 aromatic carbocycles. The molecule has 0 radical (unpaired) electrons. The van der Waals surface area contributed by atoms with Gasteiger partial charge in [-0.05, 0) is 24.3 Å². The van der Waals surface area contributed by atoms with Crippen LogP contribution in [0.4, 0.5) is 5.69 Å². The molecule has 3 heteroatoms. The molecule has 0 unspecified atom stereocenters. The first kappa shape index (κ1) is 9.73. The fraction of sp³-hybridized carbons (Fsp3) is 0.385. The number of benzene rings is 1. The number of hydrogen-bond donors (Lipinski definition) is 1. The third kappa shape index (κ3) is 1.39. The molecule has 0 fully saturated rings. The van der Waals surface area contributed by atoms with E-state index in [2.05, 4.69) is 53.1 Å². The standard InChI is InChI=1S/C13H17N3/c1-15(2)11-3-4-13-10(7-11)8-12-9-14-5-6-16(12)13/h3-4,7-8,14H,5-6,9H2,1-2H3. The van der Waals surface area contributed by atoms with E-state index in [4.69, 9.17) is 0 Å². The van der Waals surface area contributed by atoms with Gasteiger partial charge in [0.15, 0.2) is 0 Å². The van der Waals surface area contributed by atoms with Gasteiger partial charge >= 0.3 is 0 Å². The predicted molar refractivity (Wildman–Crippen MR) is 68.0 cm³/mol. The van der Waals surface area contributed by atoms with Gasteiger partial charge in [0, 0.05) is 56.0 Å². The van der Waals surface area contributed by atoms with Gasteiger partial charge < -0.3 is 14.8 Å². The van der Waals surface area contributed by atoms with Gasteiger partial charge in [-0.25, -0.2) is 0 Å². The Hall–Kier alpha value is -1.48. The van der Waals surface area contributed by atoms with Gasteiger partial charge in [-0.3, -0.25) is 0 Å². The minimum atomic E-state index is 0.992. The van der Waals surface area contributed by atoms with Crippen LogP contribution in [0.2, 0.25) is 0 Å². The number of fused-ring (bicyclic) bond motifs is 3. The summed E-state index contributed by atoms with van der Waals surface area (Å²) in [6, 6.07) is 8.99. The molecule has 0 saturated heterocycles. The summed E-state index contributed by atoms with van der Waals surface area (Å²) >= 11 is 0.